The lowest BCUT2D eigenvalue weighted by atomic mass is 10.2. The van der Waals surface area contributed by atoms with Gasteiger partial charge in [0.15, 0.2) is 0 Å². The minimum Gasteiger partial charge on any atom is -0.507 e. The van der Waals surface area contributed by atoms with Gasteiger partial charge in [-0.25, -0.2) is 15.9 Å². The molecule has 0 saturated heterocycles. The third-order valence-electron chi connectivity index (χ3n) is 3.43. The number of hydrazone groups is 2. The molecule has 2 amide bonds. The summed E-state index contributed by atoms with van der Waals surface area (Å²) >= 11 is 0. The molecule has 0 atom stereocenters. The number of amides is 2. The molecular formula is C18H18N6O5. The van der Waals surface area contributed by atoms with E-state index in [9.17, 15) is 24.7 Å². The fourth-order valence-corrected chi connectivity index (χ4v) is 2.06. The predicted octanol–water partition coefficient (Wildman–Crippen LogP) is 0.682. The first-order valence-electron chi connectivity index (χ1n) is 8.27. The van der Waals surface area contributed by atoms with Crippen LogP contribution in [0.15, 0.2) is 64.0 Å². The lowest BCUT2D eigenvalue weighted by Crippen LogP contribution is -2.38. The number of hydrogen-bond donors (Lipinski definition) is 4. The molecule has 0 saturated carbocycles. The van der Waals surface area contributed by atoms with Gasteiger partial charge in [-0.1, -0.05) is 24.3 Å². The van der Waals surface area contributed by atoms with Crippen LogP contribution in [0.3, 0.4) is 0 Å². The number of phenols is 2. The van der Waals surface area contributed by atoms with Crippen LogP contribution in [0.2, 0.25) is 0 Å². The number of para-hydroxylation sites is 2. The number of phenolic OH excluding ortho intramolecular Hbond substituents is 2. The fourth-order valence-electron chi connectivity index (χ4n) is 2.06. The molecule has 0 spiro atoms. The van der Waals surface area contributed by atoms with Crippen molar-refractivity contribution in [2.45, 2.75) is 0 Å². The van der Waals surface area contributed by atoms with E-state index in [1.54, 1.807) is 36.4 Å². The number of nitrogens with one attached hydrogen (secondary N) is 2. The molecule has 11 nitrogen and oxygen atoms in total. The summed E-state index contributed by atoms with van der Waals surface area (Å²) in [5.74, 6) is -1.41. The topological polar surface area (TPSA) is 156 Å². The smallest absolute Gasteiger partial charge is 0.261 e. The van der Waals surface area contributed by atoms with Gasteiger partial charge in [-0.15, -0.1) is 4.91 Å². The molecule has 29 heavy (non-hydrogen) atoms. The van der Waals surface area contributed by atoms with Crippen LogP contribution >= 0.6 is 0 Å². The van der Waals surface area contributed by atoms with Gasteiger partial charge in [0.1, 0.15) is 24.6 Å². The summed E-state index contributed by atoms with van der Waals surface area (Å²) in [4.78, 5) is 34.4. The van der Waals surface area contributed by atoms with Crippen molar-refractivity contribution in [3.63, 3.8) is 0 Å². The maximum atomic E-state index is 11.8. The van der Waals surface area contributed by atoms with E-state index < -0.39 is 24.9 Å². The highest BCUT2D eigenvalue weighted by molar-refractivity contribution is 5.86. The first-order chi connectivity index (χ1) is 14.0. The molecule has 0 aromatic heterocycles. The molecule has 0 radical (unpaired) electrons. The quantitative estimate of drug-likeness (QED) is 0.276. The van der Waals surface area contributed by atoms with E-state index >= 15 is 0 Å². The third kappa shape index (κ3) is 7.09. The highest BCUT2D eigenvalue weighted by Crippen LogP contribution is 2.13. The van der Waals surface area contributed by atoms with Gasteiger partial charge in [0.05, 0.1) is 17.7 Å². The van der Waals surface area contributed by atoms with Crippen LogP contribution in [0, 0.1) is 4.91 Å². The predicted molar refractivity (Wildman–Crippen MR) is 105 cm³/mol. The highest BCUT2D eigenvalue weighted by atomic mass is 16.3. The molecule has 2 aromatic carbocycles. The molecule has 0 aliphatic rings. The van der Waals surface area contributed by atoms with Crippen LogP contribution in [-0.4, -0.2) is 52.6 Å². The van der Waals surface area contributed by atoms with Gasteiger partial charge < -0.3 is 10.2 Å². The largest absolute Gasteiger partial charge is 0.507 e. The Balaban J connectivity index is 1.79. The van der Waals surface area contributed by atoms with E-state index in [0.29, 0.717) is 16.1 Å². The maximum Gasteiger partial charge on any atom is 0.261 e. The van der Waals surface area contributed by atoms with Crippen molar-refractivity contribution >= 4 is 24.2 Å². The van der Waals surface area contributed by atoms with Gasteiger partial charge in [0, 0.05) is 11.1 Å². The second-order valence-electron chi connectivity index (χ2n) is 5.61. The summed E-state index contributed by atoms with van der Waals surface area (Å²) in [5, 5.41) is 29.8. The van der Waals surface area contributed by atoms with Gasteiger partial charge in [0.25, 0.3) is 11.8 Å². The van der Waals surface area contributed by atoms with Crippen molar-refractivity contribution in [2.75, 3.05) is 13.1 Å². The average Bonchev–Trinajstić information content (AvgIpc) is 2.70. The zero-order valence-electron chi connectivity index (χ0n) is 15.1. The Morgan fingerprint density at radius 3 is 1.62 bits per heavy atom. The number of aromatic hydroxyl groups is 2. The molecule has 150 valence electrons. The lowest BCUT2D eigenvalue weighted by molar-refractivity contribution is -0.125. The molecule has 0 aliphatic heterocycles. The second kappa shape index (κ2) is 10.8. The van der Waals surface area contributed by atoms with Gasteiger partial charge in [-0.2, -0.15) is 10.2 Å². The summed E-state index contributed by atoms with van der Waals surface area (Å²) in [7, 11) is 0. The number of hydrogen-bond acceptors (Lipinski definition) is 8. The highest BCUT2D eigenvalue weighted by Gasteiger charge is 2.13. The zero-order valence-corrected chi connectivity index (χ0v) is 15.1. The van der Waals surface area contributed by atoms with Crippen molar-refractivity contribution < 1.29 is 19.8 Å². The zero-order chi connectivity index (χ0) is 21.1. The SMILES string of the molecule is O=NN(CC(=O)N/N=C\c1ccccc1O)CC(=O)N/N=C/c1ccccc1O. The average molecular weight is 398 g/mol. The van der Waals surface area contributed by atoms with E-state index in [-0.39, 0.29) is 11.5 Å². The van der Waals surface area contributed by atoms with Crippen molar-refractivity contribution in [1.82, 2.24) is 15.9 Å². The summed E-state index contributed by atoms with van der Waals surface area (Å²) in [6, 6.07) is 12.7. The van der Waals surface area contributed by atoms with Gasteiger partial charge in [-0.3, -0.25) is 9.59 Å². The molecule has 0 fully saturated rings. The summed E-state index contributed by atoms with van der Waals surface area (Å²) in [6.45, 7) is -1.03. The standard InChI is InChI=1S/C18H18N6O5/c25-15-7-3-1-5-13(15)9-19-21-17(27)11-24(23-29)12-18(28)22-20-10-14-6-2-4-8-16(14)26/h1-10,25-26H,11-12H2,(H,21,27)(H,22,28)/b19-9-,20-10+. The molecule has 0 bridgehead atoms. The number of rotatable bonds is 9. The maximum absolute atomic E-state index is 11.8. The van der Waals surface area contributed by atoms with E-state index in [4.69, 9.17) is 0 Å². The third-order valence-corrected chi connectivity index (χ3v) is 3.43. The molecule has 2 rings (SSSR count). The molecule has 0 unspecified atom stereocenters. The number of nitroso groups, excluding NO2 is 1. The van der Waals surface area contributed by atoms with Crippen molar-refractivity contribution in [1.29, 1.82) is 0 Å². The van der Waals surface area contributed by atoms with Crippen LogP contribution in [-0.2, 0) is 9.59 Å². The Bertz CT molecular complexity index is 859. The minimum atomic E-state index is -0.693. The minimum absolute atomic E-state index is 0.0114. The number of carbonyl (C=O) groups excluding carboxylic acids is 2. The molecule has 0 aliphatic carbocycles. The summed E-state index contributed by atoms with van der Waals surface area (Å²) in [6.07, 6.45) is 2.46. The first-order valence-corrected chi connectivity index (χ1v) is 8.27. The number of carbonyl (C=O) groups is 2. The van der Waals surface area contributed by atoms with Gasteiger partial charge in [0.2, 0.25) is 0 Å². The van der Waals surface area contributed by atoms with Crippen molar-refractivity contribution in [3.05, 3.63) is 64.6 Å². The van der Waals surface area contributed by atoms with Crippen LogP contribution in [0.25, 0.3) is 0 Å². The Hall–Kier alpha value is -4.28. The van der Waals surface area contributed by atoms with Gasteiger partial charge >= 0.3 is 0 Å². The summed E-state index contributed by atoms with van der Waals surface area (Å²) < 4.78 is 0. The van der Waals surface area contributed by atoms with Crippen molar-refractivity contribution in [3.8, 4) is 11.5 Å². The van der Waals surface area contributed by atoms with Crippen molar-refractivity contribution in [2.24, 2.45) is 15.5 Å². The number of nitrogens with zero attached hydrogens (tertiary/aromatic N) is 4. The van der Waals surface area contributed by atoms with E-state index in [1.165, 1.54) is 24.6 Å². The summed E-state index contributed by atoms with van der Waals surface area (Å²) in [5.41, 5.74) is 5.09. The molecular weight excluding hydrogens is 380 g/mol. The number of benzene rings is 2. The van der Waals surface area contributed by atoms with E-state index in [0.717, 1.165) is 0 Å². The van der Waals surface area contributed by atoms with Crippen LogP contribution in [0.1, 0.15) is 11.1 Å². The Morgan fingerprint density at radius 2 is 1.24 bits per heavy atom. The van der Waals surface area contributed by atoms with Crippen LogP contribution in [0.5, 0.6) is 11.5 Å². The van der Waals surface area contributed by atoms with Crippen LogP contribution in [0.4, 0.5) is 0 Å². The molecule has 2 aromatic rings. The second-order valence-corrected chi connectivity index (χ2v) is 5.61. The molecule has 0 heterocycles. The fraction of sp³-hybridized carbons (Fsp3) is 0.111. The lowest BCUT2D eigenvalue weighted by Gasteiger charge is -2.12. The molecule has 4 N–H and O–H groups in total. The van der Waals surface area contributed by atoms with Gasteiger partial charge in [-0.05, 0) is 24.3 Å². The molecule has 11 heteroatoms. The van der Waals surface area contributed by atoms with E-state index in [1.807, 2.05) is 0 Å². The monoisotopic (exact) mass is 398 g/mol. The van der Waals surface area contributed by atoms with E-state index in [2.05, 4.69) is 26.3 Å². The normalized spacial score (nSPS) is 10.8. The first kappa shape index (κ1) is 21.0. The Morgan fingerprint density at radius 1 is 0.828 bits per heavy atom. The Kier molecular flexibility index (Phi) is 7.81. The Labute approximate surface area is 165 Å². The van der Waals surface area contributed by atoms with Crippen LogP contribution < -0.4 is 10.9 Å².